The third kappa shape index (κ3) is 1.17. The average molecular weight is 165 g/mol. The van der Waals surface area contributed by atoms with Crippen LogP contribution in [0.25, 0.3) is 0 Å². The zero-order valence-electron chi connectivity index (χ0n) is 7.10. The molecule has 0 bridgehead atoms. The molecule has 1 N–H and O–H groups in total. The normalized spacial score (nSPS) is 21.3. The second kappa shape index (κ2) is 2.77. The van der Waals surface area contributed by atoms with Gasteiger partial charge in [-0.3, -0.25) is 0 Å². The van der Waals surface area contributed by atoms with E-state index >= 15 is 0 Å². The van der Waals surface area contributed by atoms with Crippen LogP contribution < -0.4 is 5.32 Å². The van der Waals surface area contributed by atoms with E-state index in [1.54, 1.807) is 6.07 Å². The van der Waals surface area contributed by atoms with Crippen LogP contribution in [0.15, 0.2) is 18.2 Å². The first-order chi connectivity index (χ1) is 5.77. The van der Waals surface area contributed by atoms with Gasteiger partial charge in [-0.1, -0.05) is 19.1 Å². The average Bonchev–Trinajstić information content (AvgIpc) is 2.04. The molecule has 0 saturated carbocycles. The Morgan fingerprint density at radius 2 is 2.33 bits per heavy atom. The predicted octanol–water partition coefficient (Wildman–Crippen LogP) is 2.43. The molecule has 1 aromatic carbocycles. The molecule has 0 spiro atoms. The molecule has 1 aromatic rings. The molecule has 2 rings (SSSR count). The van der Waals surface area contributed by atoms with Crippen molar-refractivity contribution < 1.29 is 4.39 Å². The Morgan fingerprint density at radius 1 is 1.50 bits per heavy atom. The summed E-state index contributed by atoms with van der Waals surface area (Å²) in [7, 11) is 0. The summed E-state index contributed by atoms with van der Waals surface area (Å²) in [6.07, 6.45) is 0.986. The van der Waals surface area contributed by atoms with E-state index in [4.69, 9.17) is 0 Å². The highest BCUT2D eigenvalue weighted by atomic mass is 19.1. The molecule has 0 aromatic heterocycles. The maximum atomic E-state index is 13.1. The van der Waals surface area contributed by atoms with Crippen molar-refractivity contribution >= 4 is 5.69 Å². The largest absolute Gasteiger partial charge is 0.382 e. The second-order valence-electron chi connectivity index (χ2n) is 3.46. The van der Waals surface area contributed by atoms with Crippen molar-refractivity contribution in [3.63, 3.8) is 0 Å². The van der Waals surface area contributed by atoms with Gasteiger partial charge in [0.05, 0.1) is 5.69 Å². The highest BCUT2D eigenvalue weighted by Gasteiger charge is 2.16. The third-order valence-electron chi connectivity index (χ3n) is 2.30. The molecule has 0 unspecified atom stereocenters. The van der Waals surface area contributed by atoms with E-state index < -0.39 is 0 Å². The molecule has 0 aliphatic carbocycles. The summed E-state index contributed by atoms with van der Waals surface area (Å²) >= 11 is 0. The van der Waals surface area contributed by atoms with Gasteiger partial charge in [-0.2, -0.15) is 0 Å². The van der Waals surface area contributed by atoms with Crippen molar-refractivity contribution in [2.75, 3.05) is 11.9 Å². The number of hydrogen-bond acceptors (Lipinski definition) is 1. The van der Waals surface area contributed by atoms with E-state index in [1.807, 2.05) is 6.07 Å². The number of rotatable bonds is 0. The SMILES string of the molecule is C[C@H]1CNc2c(F)cccc2C1. The molecule has 0 amide bonds. The monoisotopic (exact) mass is 165 g/mol. The molecule has 0 saturated heterocycles. The minimum atomic E-state index is -0.126. The zero-order valence-corrected chi connectivity index (χ0v) is 7.10. The van der Waals surface area contributed by atoms with Crippen LogP contribution in [0.3, 0.4) is 0 Å². The maximum Gasteiger partial charge on any atom is 0.146 e. The van der Waals surface area contributed by atoms with Crippen LogP contribution in [0.5, 0.6) is 0 Å². The fourth-order valence-electron chi connectivity index (χ4n) is 1.66. The minimum absolute atomic E-state index is 0.126. The highest BCUT2D eigenvalue weighted by Crippen LogP contribution is 2.26. The highest BCUT2D eigenvalue weighted by molar-refractivity contribution is 5.54. The van der Waals surface area contributed by atoms with Gasteiger partial charge in [-0.05, 0) is 24.0 Å². The first-order valence-corrected chi connectivity index (χ1v) is 4.28. The molecule has 64 valence electrons. The lowest BCUT2D eigenvalue weighted by molar-refractivity contribution is 0.572. The molecule has 2 heteroatoms. The second-order valence-corrected chi connectivity index (χ2v) is 3.46. The summed E-state index contributed by atoms with van der Waals surface area (Å²) in [5.41, 5.74) is 1.81. The zero-order chi connectivity index (χ0) is 8.55. The van der Waals surface area contributed by atoms with Crippen LogP contribution in [0.4, 0.5) is 10.1 Å². The number of para-hydroxylation sites is 1. The van der Waals surface area contributed by atoms with Crippen molar-refractivity contribution in [2.45, 2.75) is 13.3 Å². The van der Waals surface area contributed by atoms with Crippen LogP contribution in [-0.2, 0) is 6.42 Å². The van der Waals surface area contributed by atoms with Crippen LogP contribution in [-0.4, -0.2) is 6.54 Å². The molecular weight excluding hydrogens is 153 g/mol. The molecule has 1 atom stereocenters. The number of benzene rings is 1. The summed E-state index contributed by atoms with van der Waals surface area (Å²) < 4.78 is 13.1. The van der Waals surface area contributed by atoms with E-state index in [9.17, 15) is 4.39 Å². The van der Waals surface area contributed by atoms with Gasteiger partial charge in [0.25, 0.3) is 0 Å². The van der Waals surface area contributed by atoms with Crippen molar-refractivity contribution in [3.05, 3.63) is 29.6 Å². The van der Waals surface area contributed by atoms with E-state index in [0.29, 0.717) is 11.6 Å². The minimum Gasteiger partial charge on any atom is -0.382 e. The van der Waals surface area contributed by atoms with Crippen LogP contribution in [0.1, 0.15) is 12.5 Å². The van der Waals surface area contributed by atoms with Gasteiger partial charge in [0.2, 0.25) is 0 Å². The van der Waals surface area contributed by atoms with Gasteiger partial charge >= 0.3 is 0 Å². The van der Waals surface area contributed by atoms with Gasteiger partial charge in [0.1, 0.15) is 5.82 Å². The predicted molar refractivity (Wildman–Crippen MR) is 47.8 cm³/mol. The first kappa shape index (κ1) is 7.59. The van der Waals surface area contributed by atoms with Gasteiger partial charge in [-0.15, -0.1) is 0 Å². The first-order valence-electron chi connectivity index (χ1n) is 4.28. The Morgan fingerprint density at radius 3 is 3.17 bits per heavy atom. The van der Waals surface area contributed by atoms with Crippen molar-refractivity contribution in [1.29, 1.82) is 0 Å². The summed E-state index contributed by atoms with van der Waals surface area (Å²) in [6.45, 7) is 3.05. The van der Waals surface area contributed by atoms with Gasteiger partial charge in [-0.25, -0.2) is 4.39 Å². The molecule has 1 aliphatic heterocycles. The molecule has 1 aliphatic rings. The van der Waals surface area contributed by atoms with Crippen molar-refractivity contribution in [2.24, 2.45) is 5.92 Å². The molecule has 12 heavy (non-hydrogen) atoms. The van der Waals surface area contributed by atoms with Crippen LogP contribution in [0.2, 0.25) is 0 Å². The van der Waals surface area contributed by atoms with Crippen LogP contribution >= 0.6 is 0 Å². The summed E-state index contributed by atoms with van der Waals surface area (Å²) in [5, 5.41) is 3.11. The van der Waals surface area contributed by atoms with Crippen molar-refractivity contribution in [3.8, 4) is 0 Å². The summed E-state index contributed by atoms with van der Waals surface area (Å²) in [6, 6.07) is 5.26. The maximum absolute atomic E-state index is 13.1. The number of hydrogen-bond donors (Lipinski definition) is 1. The topological polar surface area (TPSA) is 12.0 Å². The Kier molecular flexibility index (Phi) is 1.75. The lowest BCUT2D eigenvalue weighted by atomic mass is 9.95. The van der Waals surface area contributed by atoms with Crippen molar-refractivity contribution in [1.82, 2.24) is 0 Å². The van der Waals surface area contributed by atoms with E-state index in [2.05, 4.69) is 12.2 Å². The Hall–Kier alpha value is -1.05. The standard InChI is InChI=1S/C10H12FN/c1-7-5-8-3-2-4-9(11)10(8)12-6-7/h2-4,7,12H,5-6H2,1H3/t7-/m1/s1. The number of fused-ring (bicyclic) bond motifs is 1. The van der Waals surface area contributed by atoms with Gasteiger partial charge < -0.3 is 5.32 Å². The quantitative estimate of drug-likeness (QED) is 0.622. The third-order valence-corrected chi connectivity index (χ3v) is 2.30. The summed E-state index contributed by atoms with van der Waals surface area (Å²) in [4.78, 5) is 0. The number of anilines is 1. The molecule has 0 fully saturated rings. The Balaban J connectivity index is 2.42. The molecule has 0 radical (unpaired) electrons. The smallest absolute Gasteiger partial charge is 0.146 e. The Bertz CT molecular complexity index is 296. The molecule has 1 nitrogen and oxygen atoms in total. The van der Waals surface area contributed by atoms with Gasteiger partial charge in [0, 0.05) is 6.54 Å². The number of nitrogens with one attached hydrogen (secondary N) is 1. The molecule has 1 heterocycles. The fraction of sp³-hybridized carbons (Fsp3) is 0.400. The number of halogens is 1. The van der Waals surface area contributed by atoms with E-state index in [0.717, 1.165) is 18.5 Å². The van der Waals surface area contributed by atoms with Gasteiger partial charge in [0.15, 0.2) is 0 Å². The lowest BCUT2D eigenvalue weighted by Gasteiger charge is -2.23. The van der Waals surface area contributed by atoms with E-state index in [1.165, 1.54) is 6.07 Å². The Labute approximate surface area is 71.6 Å². The lowest BCUT2D eigenvalue weighted by Crippen LogP contribution is -2.21. The van der Waals surface area contributed by atoms with E-state index in [-0.39, 0.29) is 5.82 Å². The fourth-order valence-corrected chi connectivity index (χ4v) is 1.66. The molecular formula is C10H12FN. The summed E-state index contributed by atoms with van der Waals surface area (Å²) in [5.74, 6) is 0.485. The van der Waals surface area contributed by atoms with Crippen LogP contribution in [0, 0.1) is 11.7 Å².